The highest BCUT2D eigenvalue weighted by Crippen LogP contribution is 2.46. The van der Waals surface area contributed by atoms with Gasteiger partial charge in [-0.3, -0.25) is 9.48 Å². The Morgan fingerprint density at radius 2 is 2.07 bits per heavy atom. The smallest absolute Gasteiger partial charge is 0.308 e. The summed E-state index contributed by atoms with van der Waals surface area (Å²) < 4.78 is 15.2. The third kappa shape index (κ3) is 3.20. The summed E-state index contributed by atoms with van der Waals surface area (Å²) >= 11 is 0. The van der Waals surface area contributed by atoms with Crippen LogP contribution in [0.4, 0.5) is 10.1 Å². The van der Waals surface area contributed by atoms with Gasteiger partial charge in [-0.25, -0.2) is 9.37 Å². The van der Waals surface area contributed by atoms with Crippen molar-refractivity contribution in [1.82, 2.24) is 19.7 Å². The van der Waals surface area contributed by atoms with Gasteiger partial charge in [0.15, 0.2) is 5.69 Å². The zero-order chi connectivity index (χ0) is 20.8. The number of aromatic nitrogens is 4. The van der Waals surface area contributed by atoms with Gasteiger partial charge in [0.25, 0.3) is 0 Å². The number of fused-ring (bicyclic) bond motifs is 4. The largest absolute Gasteiger partial charge is 0.481 e. The van der Waals surface area contributed by atoms with Gasteiger partial charge in [0.1, 0.15) is 11.5 Å². The molecule has 0 aromatic carbocycles. The van der Waals surface area contributed by atoms with E-state index in [0.717, 1.165) is 37.6 Å². The number of pyridine rings is 1. The van der Waals surface area contributed by atoms with Crippen molar-refractivity contribution in [3.05, 3.63) is 41.7 Å². The Labute approximate surface area is 172 Å². The summed E-state index contributed by atoms with van der Waals surface area (Å²) in [6, 6.07) is 1.28. The Hall–Kier alpha value is -3.34. The minimum Gasteiger partial charge on any atom is -0.481 e. The number of nitrogens with zero attached hydrogens (tertiary/aromatic N) is 3. The number of aromatic amines is 1. The lowest BCUT2D eigenvalue weighted by Gasteiger charge is -2.47. The number of aliphatic carboxylic acids is 1. The van der Waals surface area contributed by atoms with Gasteiger partial charge in [0, 0.05) is 30.9 Å². The van der Waals surface area contributed by atoms with Crippen molar-refractivity contribution in [2.24, 2.45) is 24.8 Å². The normalized spacial score (nSPS) is 25.1. The number of hydrogen-bond donors (Lipinski definition) is 3. The topological polar surface area (TPSA) is 95.8 Å². The lowest BCUT2D eigenvalue weighted by Crippen LogP contribution is -2.51. The number of halogens is 1. The molecule has 8 heteroatoms. The molecule has 0 radical (unpaired) electrons. The van der Waals surface area contributed by atoms with E-state index in [1.165, 1.54) is 6.07 Å². The van der Waals surface area contributed by atoms with Crippen LogP contribution in [0.2, 0.25) is 0 Å². The molecule has 0 amide bonds. The summed E-state index contributed by atoms with van der Waals surface area (Å²) in [5.74, 6) is 5.15. The summed E-state index contributed by atoms with van der Waals surface area (Å²) in [5, 5.41) is 18.3. The molecule has 2 bridgehead atoms. The second-order valence-corrected chi connectivity index (χ2v) is 8.28. The standard InChI is InChI=1S/C22H22FN5O2/c1-28-11-18(26-20-13-4-2-12(3-5-13)19(20)22(29)30)17(27-28)7-6-14-9-24-21-16(14)8-15(23)10-25-21/h8-13,19-20,26H,2-5H2,1H3,(H,24,25)(H,29,30)/t12?,13?,19-,20-/m0/s1. The van der Waals surface area contributed by atoms with Crippen LogP contribution in [-0.4, -0.2) is 36.9 Å². The highest BCUT2D eigenvalue weighted by Gasteiger charge is 2.47. The SMILES string of the molecule is Cn1cc(N[C@H]2C3CCC(CC3)[C@@H]2C(=O)O)c(C#Cc2c[nH]c3ncc(F)cc23)n1. The second kappa shape index (κ2) is 7.17. The first-order valence-corrected chi connectivity index (χ1v) is 10.2. The van der Waals surface area contributed by atoms with E-state index in [4.69, 9.17) is 0 Å². The number of aryl methyl sites for hydroxylation is 1. The molecule has 3 N–H and O–H groups in total. The third-order valence-corrected chi connectivity index (χ3v) is 6.47. The van der Waals surface area contributed by atoms with Crippen LogP contribution in [0.1, 0.15) is 36.9 Å². The van der Waals surface area contributed by atoms with Gasteiger partial charge in [-0.2, -0.15) is 5.10 Å². The first kappa shape index (κ1) is 18.7. The van der Waals surface area contributed by atoms with Gasteiger partial charge in [-0.1, -0.05) is 5.92 Å². The van der Waals surface area contributed by atoms with Crippen LogP contribution >= 0.6 is 0 Å². The highest BCUT2D eigenvalue weighted by molar-refractivity contribution is 5.83. The van der Waals surface area contributed by atoms with E-state index in [9.17, 15) is 14.3 Å². The van der Waals surface area contributed by atoms with Gasteiger partial charge in [0.2, 0.25) is 0 Å². The molecule has 30 heavy (non-hydrogen) atoms. The number of rotatable bonds is 3. The predicted octanol–water partition coefficient (Wildman–Crippen LogP) is 3.14. The van der Waals surface area contributed by atoms with E-state index in [1.54, 1.807) is 10.9 Å². The van der Waals surface area contributed by atoms with Gasteiger partial charge in [-0.05, 0) is 49.5 Å². The van der Waals surface area contributed by atoms with Gasteiger partial charge < -0.3 is 15.4 Å². The van der Waals surface area contributed by atoms with Crippen molar-refractivity contribution in [2.45, 2.75) is 31.7 Å². The summed E-state index contributed by atoms with van der Waals surface area (Å²) in [6.45, 7) is 0. The maximum atomic E-state index is 13.6. The van der Waals surface area contributed by atoms with Crippen LogP contribution in [0.5, 0.6) is 0 Å². The average molecular weight is 407 g/mol. The lowest BCUT2D eigenvalue weighted by atomic mass is 9.61. The fraction of sp³-hybridized carbons (Fsp3) is 0.409. The summed E-state index contributed by atoms with van der Waals surface area (Å²) in [7, 11) is 1.81. The number of H-pyrrole nitrogens is 1. The summed E-state index contributed by atoms with van der Waals surface area (Å²) in [6.07, 6.45) is 8.79. The first-order valence-electron chi connectivity index (χ1n) is 10.2. The lowest BCUT2D eigenvalue weighted by molar-refractivity contribution is -0.148. The number of nitrogens with one attached hydrogen (secondary N) is 2. The summed E-state index contributed by atoms with van der Waals surface area (Å²) in [4.78, 5) is 18.9. The zero-order valence-electron chi connectivity index (χ0n) is 16.5. The number of carboxylic acids is 1. The van der Waals surface area contributed by atoms with Crippen molar-refractivity contribution in [2.75, 3.05) is 5.32 Å². The summed E-state index contributed by atoms with van der Waals surface area (Å²) in [5.41, 5.74) is 2.48. The van der Waals surface area contributed by atoms with E-state index in [-0.39, 0.29) is 17.9 Å². The number of carboxylic acid groups (broad SMARTS) is 1. The van der Waals surface area contributed by atoms with Crippen LogP contribution < -0.4 is 5.32 Å². The quantitative estimate of drug-likeness (QED) is 0.580. The Kier molecular flexibility index (Phi) is 4.46. The number of hydrogen-bond acceptors (Lipinski definition) is 4. The Balaban J connectivity index is 1.46. The number of carbonyl (C=O) groups is 1. The van der Waals surface area contributed by atoms with E-state index in [1.807, 2.05) is 13.2 Å². The Bertz CT molecular complexity index is 1180. The van der Waals surface area contributed by atoms with Crippen LogP contribution in [0.3, 0.4) is 0 Å². The van der Waals surface area contributed by atoms with Crippen LogP contribution in [0.15, 0.2) is 24.7 Å². The molecule has 0 spiro atoms. The molecular weight excluding hydrogens is 385 g/mol. The van der Waals surface area contributed by atoms with Gasteiger partial charge in [0.05, 0.1) is 23.4 Å². The average Bonchev–Trinajstić information content (AvgIpc) is 3.29. The maximum absolute atomic E-state index is 13.6. The van der Waals surface area contributed by atoms with Gasteiger partial charge >= 0.3 is 5.97 Å². The molecule has 3 fully saturated rings. The molecule has 3 aromatic heterocycles. The minimum absolute atomic E-state index is 0.119. The maximum Gasteiger partial charge on any atom is 0.308 e. The molecule has 0 aliphatic heterocycles. The zero-order valence-corrected chi connectivity index (χ0v) is 16.5. The molecular formula is C22H22FN5O2. The van der Waals surface area contributed by atoms with Crippen LogP contribution in [0, 0.1) is 35.4 Å². The van der Waals surface area contributed by atoms with E-state index < -0.39 is 11.8 Å². The molecule has 7 nitrogen and oxygen atoms in total. The molecule has 3 aliphatic carbocycles. The molecule has 3 saturated carbocycles. The molecule has 2 atom stereocenters. The van der Waals surface area contributed by atoms with Crippen LogP contribution in [-0.2, 0) is 11.8 Å². The number of anilines is 1. The van der Waals surface area contributed by atoms with E-state index in [2.05, 4.69) is 32.2 Å². The minimum atomic E-state index is -0.730. The Morgan fingerprint density at radius 1 is 1.30 bits per heavy atom. The fourth-order valence-electron chi connectivity index (χ4n) is 5.09. The monoisotopic (exact) mass is 407 g/mol. The Morgan fingerprint density at radius 3 is 2.83 bits per heavy atom. The van der Waals surface area contributed by atoms with Gasteiger partial charge in [-0.15, -0.1) is 0 Å². The second-order valence-electron chi connectivity index (χ2n) is 8.28. The van der Waals surface area contributed by atoms with Crippen molar-refractivity contribution in [3.63, 3.8) is 0 Å². The van der Waals surface area contributed by atoms with Crippen molar-refractivity contribution in [3.8, 4) is 11.8 Å². The third-order valence-electron chi connectivity index (χ3n) is 6.47. The van der Waals surface area contributed by atoms with E-state index >= 15 is 0 Å². The fourth-order valence-corrected chi connectivity index (χ4v) is 5.09. The first-order chi connectivity index (χ1) is 14.5. The van der Waals surface area contributed by atoms with Crippen molar-refractivity contribution < 1.29 is 14.3 Å². The van der Waals surface area contributed by atoms with Crippen molar-refractivity contribution in [1.29, 1.82) is 0 Å². The molecule has 0 saturated heterocycles. The predicted molar refractivity (Wildman–Crippen MR) is 109 cm³/mol. The molecule has 3 aromatic rings. The molecule has 3 aliphatic rings. The molecule has 6 rings (SSSR count). The van der Waals surface area contributed by atoms with E-state index in [0.29, 0.717) is 28.2 Å². The van der Waals surface area contributed by atoms with Crippen molar-refractivity contribution >= 4 is 22.7 Å². The van der Waals surface area contributed by atoms with Crippen LogP contribution in [0.25, 0.3) is 11.0 Å². The molecule has 0 unspecified atom stereocenters. The molecule has 3 heterocycles. The molecule has 154 valence electrons. The highest BCUT2D eigenvalue weighted by atomic mass is 19.1.